The molecule has 4 nitrogen and oxygen atoms in total. The molecule has 2 saturated carbocycles. The maximum atomic E-state index is 12.3. The van der Waals surface area contributed by atoms with Gasteiger partial charge in [-0.1, -0.05) is 19.8 Å². The molecule has 0 aromatic heterocycles. The van der Waals surface area contributed by atoms with E-state index in [4.69, 9.17) is 5.11 Å². The van der Waals surface area contributed by atoms with Crippen LogP contribution in [0.25, 0.3) is 0 Å². The fraction of sp³-hybridized carbons (Fsp3) is 0.933. The number of carbonyl (C=O) groups excluding carboxylic acids is 1. The fourth-order valence-corrected chi connectivity index (χ4v) is 3.05. The molecule has 0 aromatic rings. The van der Waals surface area contributed by atoms with E-state index in [1.54, 1.807) is 0 Å². The van der Waals surface area contributed by atoms with Gasteiger partial charge in [0, 0.05) is 25.2 Å². The Morgan fingerprint density at radius 3 is 2.68 bits per heavy atom. The van der Waals surface area contributed by atoms with Gasteiger partial charge >= 0.3 is 6.03 Å². The van der Waals surface area contributed by atoms with Crippen LogP contribution in [0.5, 0.6) is 0 Å². The minimum absolute atomic E-state index is 0.125. The van der Waals surface area contributed by atoms with Crippen molar-refractivity contribution in [2.75, 3.05) is 13.2 Å². The summed E-state index contributed by atoms with van der Waals surface area (Å²) in [4.78, 5) is 14.3. The van der Waals surface area contributed by atoms with Gasteiger partial charge in [0.15, 0.2) is 0 Å². The molecule has 2 rings (SSSR count). The van der Waals surface area contributed by atoms with E-state index in [9.17, 15) is 4.79 Å². The minimum atomic E-state index is 0.125. The Hall–Kier alpha value is -0.770. The summed E-state index contributed by atoms with van der Waals surface area (Å²) in [5.74, 6) is 0.739. The number of nitrogens with zero attached hydrogens (tertiary/aromatic N) is 1. The molecular weight excluding hydrogens is 240 g/mol. The molecule has 2 fully saturated rings. The molecule has 2 aliphatic carbocycles. The molecule has 19 heavy (non-hydrogen) atoms. The van der Waals surface area contributed by atoms with Crippen molar-refractivity contribution in [2.45, 2.75) is 70.4 Å². The van der Waals surface area contributed by atoms with E-state index in [0.717, 1.165) is 51.0 Å². The summed E-state index contributed by atoms with van der Waals surface area (Å²) in [5, 5.41) is 12.1. The molecule has 2 aliphatic rings. The predicted molar refractivity (Wildman–Crippen MR) is 76.0 cm³/mol. The van der Waals surface area contributed by atoms with E-state index in [2.05, 4.69) is 12.2 Å². The minimum Gasteiger partial charge on any atom is -0.396 e. The Morgan fingerprint density at radius 2 is 2.05 bits per heavy atom. The highest BCUT2D eigenvalue weighted by Gasteiger charge is 2.33. The summed E-state index contributed by atoms with van der Waals surface area (Å²) in [6.45, 7) is 3.29. The van der Waals surface area contributed by atoms with Gasteiger partial charge in [-0.2, -0.15) is 0 Å². The third kappa shape index (κ3) is 4.68. The van der Waals surface area contributed by atoms with Crippen LogP contribution >= 0.6 is 0 Å². The van der Waals surface area contributed by atoms with Gasteiger partial charge in [0.25, 0.3) is 0 Å². The van der Waals surface area contributed by atoms with Gasteiger partial charge in [-0.05, 0) is 44.4 Å². The summed E-state index contributed by atoms with van der Waals surface area (Å²) < 4.78 is 0. The molecule has 4 heteroatoms. The van der Waals surface area contributed by atoms with E-state index in [0.29, 0.717) is 12.1 Å². The maximum Gasteiger partial charge on any atom is 0.317 e. The largest absolute Gasteiger partial charge is 0.396 e. The number of carbonyl (C=O) groups is 1. The second-order valence-corrected chi connectivity index (χ2v) is 6.27. The van der Waals surface area contributed by atoms with Gasteiger partial charge in [0.1, 0.15) is 0 Å². The van der Waals surface area contributed by atoms with Gasteiger partial charge in [0.05, 0.1) is 0 Å². The van der Waals surface area contributed by atoms with E-state index < -0.39 is 0 Å². The number of unbranched alkanes of at least 4 members (excludes halogenated alkanes) is 1. The second kappa shape index (κ2) is 7.13. The lowest BCUT2D eigenvalue weighted by molar-refractivity contribution is 0.180. The highest BCUT2D eigenvalue weighted by Crippen LogP contribution is 2.28. The van der Waals surface area contributed by atoms with Crippen LogP contribution in [-0.4, -0.2) is 41.3 Å². The van der Waals surface area contributed by atoms with Gasteiger partial charge < -0.3 is 15.3 Å². The Labute approximate surface area is 116 Å². The lowest BCUT2D eigenvalue weighted by Crippen LogP contribution is -2.47. The van der Waals surface area contributed by atoms with Crippen molar-refractivity contribution in [3.05, 3.63) is 0 Å². The fourth-order valence-electron chi connectivity index (χ4n) is 3.05. The molecule has 0 heterocycles. The van der Waals surface area contributed by atoms with Crippen LogP contribution in [0, 0.1) is 5.92 Å². The van der Waals surface area contributed by atoms with Crippen molar-refractivity contribution in [2.24, 2.45) is 5.92 Å². The molecule has 0 aromatic carbocycles. The first-order valence-electron chi connectivity index (χ1n) is 7.88. The molecule has 0 spiro atoms. The quantitative estimate of drug-likeness (QED) is 0.727. The van der Waals surface area contributed by atoms with Gasteiger partial charge in [-0.25, -0.2) is 4.79 Å². The SMILES string of the molecule is CC1CCCC(NC(=O)N(CCCCO)C2CC2)C1. The normalized spacial score (nSPS) is 27.1. The van der Waals surface area contributed by atoms with Gasteiger partial charge in [-0.3, -0.25) is 0 Å². The van der Waals surface area contributed by atoms with E-state index in [1.807, 2.05) is 4.90 Å². The molecule has 2 unspecified atom stereocenters. The van der Waals surface area contributed by atoms with Crippen LogP contribution < -0.4 is 5.32 Å². The van der Waals surface area contributed by atoms with Crippen molar-refractivity contribution in [1.29, 1.82) is 0 Å². The zero-order valence-corrected chi connectivity index (χ0v) is 12.1. The van der Waals surface area contributed by atoms with Crippen LogP contribution in [0.4, 0.5) is 4.79 Å². The zero-order valence-electron chi connectivity index (χ0n) is 12.1. The average molecular weight is 268 g/mol. The molecule has 110 valence electrons. The second-order valence-electron chi connectivity index (χ2n) is 6.27. The number of rotatable bonds is 6. The molecule has 2 amide bonds. The average Bonchev–Trinajstić information content (AvgIpc) is 3.19. The summed E-state index contributed by atoms with van der Waals surface area (Å²) in [6.07, 6.45) is 8.78. The number of aliphatic hydroxyl groups is 1. The summed E-state index contributed by atoms with van der Waals surface area (Å²) >= 11 is 0. The van der Waals surface area contributed by atoms with Crippen LogP contribution in [-0.2, 0) is 0 Å². The van der Waals surface area contributed by atoms with Gasteiger partial charge in [-0.15, -0.1) is 0 Å². The predicted octanol–water partition coefficient (Wildman–Crippen LogP) is 2.51. The maximum absolute atomic E-state index is 12.3. The van der Waals surface area contributed by atoms with E-state index in [1.165, 1.54) is 12.8 Å². The van der Waals surface area contributed by atoms with Crippen LogP contribution in [0.1, 0.15) is 58.3 Å². The Kier molecular flexibility index (Phi) is 5.49. The molecule has 0 saturated heterocycles. The summed E-state index contributed by atoms with van der Waals surface area (Å²) in [6, 6.07) is 0.953. The highest BCUT2D eigenvalue weighted by atomic mass is 16.3. The van der Waals surface area contributed by atoms with Crippen molar-refractivity contribution in [3.63, 3.8) is 0 Å². The Balaban J connectivity index is 1.78. The first kappa shape index (κ1) is 14.6. The molecule has 0 radical (unpaired) electrons. The first-order valence-corrected chi connectivity index (χ1v) is 7.88. The molecule has 0 aliphatic heterocycles. The number of aliphatic hydroxyl groups excluding tert-OH is 1. The third-order valence-corrected chi connectivity index (χ3v) is 4.32. The molecule has 2 N–H and O–H groups in total. The zero-order chi connectivity index (χ0) is 13.7. The van der Waals surface area contributed by atoms with E-state index >= 15 is 0 Å². The number of urea groups is 1. The summed E-state index contributed by atoms with van der Waals surface area (Å²) in [7, 11) is 0. The van der Waals surface area contributed by atoms with Crippen LogP contribution in [0.2, 0.25) is 0 Å². The highest BCUT2D eigenvalue weighted by molar-refractivity contribution is 5.75. The molecule has 0 bridgehead atoms. The van der Waals surface area contributed by atoms with Crippen molar-refractivity contribution >= 4 is 6.03 Å². The number of hydrogen-bond donors (Lipinski definition) is 2. The first-order chi connectivity index (χ1) is 9.20. The van der Waals surface area contributed by atoms with Gasteiger partial charge in [0.2, 0.25) is 0 Å². The molecular formula is C15H28N2O2. The van der Waals surface area contributed by atoms with Crippen LogP contribution in [0.15, 0.2) is 0 Å². The van der Waals surface area contributed by atoms with Crippen molar-refractivity contribution in [3.8, 4) is 0 Å². The monoisotopic (exact) mass is 268 g/mol. The Morgan fingerprint density at radius 1 is 1.26 bits per heavy atom. The smallest absolute Gasteiger partial charge is 0.317 e. The standard InChI is InChI=1S/C15H28N2O2/c1-12-5-4-6-13(11-12)16-15(19)17(14-7-8-14)9-2-3-10-18/h12-14,18H,2-11H2,1H3,(H,16,19). The summed E-state index contributed by atoms with van der Waals surface area (Å²) in [5.41, 5.74) is 0. The lowest BCUT2D eigenvalue weighted by Gasteiger charge is -2.31. The third-order valence-electron chi connectivity index (χ3n) is 4.32. The van der Waals surface area contributed by atoms with Crippen molar-refractivity contribution < 1.29 is 9.90 Å². The molecule has 2 atom stereocenters. The topological polar surface area (TPSA) is 52.6 Å². The lowest BCUT2D eigenvalue weighted by atomic mass is 9.87. The van der Waals surface area contributed by atoms with E-state index in [-0.39, 0.29) is 12.6 Å². The number of hydrogen-bond acceptors (Lipinski definition) is 2. The number of amides is 2. The number of nitrogens with one attached hydrogen (secondary N) is 1. The van der Waals surface area contributed by atoms with Crippen LogP contribution in [0.3, 0.4) is 0 Å². The Bertz CT molecular complexity index is 292. The van der Waals surface area contributed by atoms with Crippen molar-refractivity contribution in [1.82, 2.24) is 10.2 Å².